The van der Waals surface area contributed by atoms with E-state index in [0.717, 1.165) is 22.3 Å². The molecule has 0 atom stereocenters. The average molecular weight is 410 g/mol. The zero-order valence-electron chi connectivity index (χ0n) is 18.1. The third-order valence-corrected chi connectivity index (χ3v) is 4.92. The maximum absolute atomic E-state index is 5.72. The molecule has 0 aromatic heterocycles. The first-order chi connectivity index (χ1) is 14.6. The first-order valence-electron chi connectivity index (χ1n) is 9.31. The second-order valence-corrected chi connectivity index (χ2v) is 6.36. The zero-order valence-corrected chi connectivity index (χ0v) is 18.1. The summed E-state index contributed by atoms with van der Waals surface area (Å²) in [5, 5.41) is 0. The Morgan fingerprint density at radius 1 is 0.433 bits per heavy atom. The van der Waals surface area contributed by atoms with Crippen LogP contribution in [-0.2, 0) is 0 Å². The molecule has 3 aromatic rings. The summed E-state index contributed by atoms with van der Waals surface area (Å²) in [5.41, 5.74) is 3.46. The highest BCUT2D eigenvalue weighted by molar-refractivity contribution is 5.93. The molecule has 0 spiro atoms. The lowest BCUT2D eigenvalue weighted by Crippen LogP contribution is -1.98. The molecule has 0 aliphatic heterocycles. The number of hydrogen-bond donors (Lipinski definition) is 0. The van der Waals surface area contributed by atoms with Gasteiger partial charge in [-0.2, -0.15) is 0 Å². The van der Waals surface area contributed by atoms with E-state index in [9.17, 15) is 0 Å². The average Bonchev–Trinajstić information content (AvgIpc) is 2.81. The lowest BCUT2D eigenvalue weighted by atomic mass is 9.92. The van der Waals surface area contributed by atoms with Crippen LogP contribution in [0.3, 0.4) is 0 Å². The van der Waals surface area contributed by atoms with Crippen LogP contribution in [0, 0.1) is 0 Å². The van der Waals surface area contributed by atoms with Gasteiger partial charge in [-0.15, -0.1) is 0 Å². The Labute approximate surface area is 176 Å². The number of benzene rings is 3. The minimum atomic E-state index is 0.580. The number of hydrogen-bond acceptors (Lipinski definition) is 6. The molecule has 0 bridgehead atoms. The molecule has 0 saturated heterocycles. The Hall–Kier alpha value is -3.54. The minimum Gasteiger partial charge on any atom is -0.497 e. The molecular formula is C24H26O6. The molecule has 0 heterocycles. The summed E-state index contributed by atoms with van der Waals surface area (Å²) in [6.45, 7) is 0. The van der Waals surface area contributed by atoms with Crippen LogP contribution in [0.15, 0.2) is 48.5 Å². The molecule has 158 valence electrons. The smallest absolute Gasteiger partial charge is 0.164 e. The van der Waals surface area contributed by atoms with E-state index in [-0.39, 0.29) is 0 Å². The first-order valence-corrected chi connectivity index (χ1v) is 9.31. The highest BCUT2D eigenvalue weighted by Crippen LogP contribution is 2.48. The van der Waals surface area contributed by atoms with E-state index in [4.69, 9.17) is 28.4 Å². The van der Waals surface area contributed by atoms with Gasteiger partial charge in [-0.25, -0.2) is 0 Å². The highest BCUT2D eigenvalue weighted by Gasteiger charge is 2.22. The van der Waals surface area contributed by atoms with Crippen LogP contribution in [0.1, 0.15) is 0 Å². The van der Waals surface area contributed by atoms with E-state index in [2.05, 4.69) is 0 Å². The SMILES string of the molecule is COc1ccc(-c2cccc(OC)c2-c2cc(OC)c(OC)cc2OC)c(OC)c1. The van der Waals surface area contributed by atoms with Crippen molar-refractivity contribution >= 4 is 0 Å². The van der Waals surface area contributed by atoms with E-state index in [0.29, 0.717) is 34.5 Å². The largest absolute Gasteiger partial charge is 0.497 e. The predicted octanol–water partition coefficient (Wildman–Crippen LogP) is 5.07. The van der Waals surface area contributed by atoms with Crippen LogP contribution in [0.4, 0.5) is 0 Å². The van der Waals surface area contributed by atoms with Crippen molar-refractivity contribution in [3.05, 3.63) is 48.5 Å². The predicted molar refractivity (Wildman–Crippen MR) is 117 cm³/mol. The van der Waals surface area contributed by atoms with E-state index < -0.39 is 0 Å². The quantitative estimate of drug-likeness (QED) is 0.517. The van der Waals surface area contributed by atoms with Gasteiger partial charge in [-0.1, -0.05) is 12.1 Å². The molecule has 0 unspecified atom stereocenters. The van der Waals surface area contributed by atoms with Gasteiger partial charge in [0.1, 0.15) is 23.0 Å². The molecule has 30 heavy (non-hydrogen) atoms. The summed E-state index contributed by atoms with van der Waals surface area (Å²) in [6.07, 6.45) is 0. The molecule has 0 aliphatic carbocycles. The van der Waals surface area contributed by atoms with E-state index in [1.807, 2.05) is 42.5 Å². The Kier molecular flexibility index (Phi) is 6.57. The van der Waals surface area contributed by atoms with Crippen molar-refractivity contribution in [2.75, 3.05) is 42.7 Å². The summed E-state index contributed by atoms with van der Waals surface area (Å²) in [7, 11) is 9.71. The van der Waals surface area contributed by atoms with Crippen molar-refractivity contribution < 1.29 is 28.4 Å². The van der Waals surface area contributed by atoms with E-state index >= 15 is 0 Å². The molecular weight excluding hydrogens is 384 g/mol. The molecule has 0 fully saturated rings. The van der Waals surface area contributed by atoms with Crippen LogP contribution >= 0.6 is 0 Å². The van der Waals surface area contributed by atoms with Gasteiger partial charge in [0.15, 0.2) is 11.5 Å². The van der Waals surface area contributed by atoms with Crippen LogP contribution < -0.4 is 28.4 Å². The molecule has 0 amide bonds. The van der Waals surface area contributed by atoms with Crippen molar-refractivity contribution in [3.8, 4) is 56.8 Å². The molecule has 0 N–H and O–H groups in total. The maximum Gasteiger partial charge on any atom is 0.164 e. The third kappa shape index (κ3) is 3.81. The molecule has 6 heteroatoms. The Bertz CT molecular complexity index is 1030. The van der Waals surface area contributed by atoms with Gasteiger partial charge in [0.25, 0.3) is 0 Å². The van der Waals surface area contributed by atoms with E-state index in [1.54, 1.807) is 48.7 Å². The summed E-state index contributed by atoms with van der Waals surface area (Å²) in [5.74, 6) is 3.89. The van der Waals surface area contributed by atoms with Gasteiger partial charge in [0.2, 0.25) is 0 Å². The summed E-state index contributed by atoms with van der Waals surface area (Å²) in [6, 6.07) is 15.3. The molecule has 3 rings (SSSR count). The fourth-order valence-corrected chi connectivity index (χ4v) is 3.45. The van der Waals surface area contributed by atoms with Crippen LogP contribution in [-0.4, -0.2) is 42.7 Å². The molecule has 6 nitrogen and oxygen atoms in total. The van der Waals surface area contributed by atoms with Crippen molar-refractivity contribution in [1.29, 1.82) is 0 Å². The zero-order chi connectivity index (χ0) is 21.7. The standard InChI is InChI=1S/C24H26O6/c1-25-15-10-11-16(20(12-15)27-3)17-8-7-9-19(26-2)24(17)18-13-22(29-5)23(30-6)14-21(18)28-4/h7-14H,1-6H3. The van der Waals surface area contributed by atoms with Crippen molar-refractivity contribution in [2.24, 2.45) is 0 Å². The van der Waals surface area contributed by atoms with Gasteiger partial charge in [0, 0.05) is 28.8 Å². The molecule has 3 aromatic carbocycles. The summed E-state index contributed by atoms with van der Waals surface area (Å²) < 4.78 is 33.4. The lowest BCUT2D eigenvalue weighted by molar-refractivity contribution is 0.349. The van der Waals surface area contributed by atoms with Crippen LogP contribution in [0.5, 0.6) is 34.5 Å². The minimum absolute atomic E-state index is 0.580. The van der Waals surface area contributed by atoms with Crippen LogP contribution in [0.25, 0.3) is 22.3 Å². The number of rotatable bonds is 8. The van der Waals surface area contributed by atoms with Crippen LogP contribution in [0.2, 0.25) is 0 Å². The fourth-order valence-electron chi connectivity index (χ4n) is 3.45. The fraction of sp³-hybridized carbons (Fsp3) is 0.250. The Balaban J connectivity index is 2.35. The number of ether oxygens (including phenoxy) is 6. The van der Waals surface area contributed by atoms with Gasteiger partial charge >= 0.3 is 0 Å². The normalized spacial score (nSPS) is 10.3. The molecule has 0 radical (unpaired) electrons. The Morgan fingerprint density at radius 3 is 1.63 bits per heavy atom. The monoisotopic (exact) mass is 410 g/mol. The van der Waals surface area contributed by atoms with Crippen molar-refractivity contribution in [3.63, 3.8) is 0 Å². The lowest BCUT2D eigenvalue weighted by Gasteiger charge is -2.20. The molecule has 0 aliphatic rings. The van der Waals surface area contributed by atoms with Gasteiger partial charge < -0.3 is 28.4 Å². The second-order valence-electron chi connectivity index (χ2n) is 6.36. The van der Waals surface area contributed by atoms with Crippen molar-refractivity contribution in [1.82, 2.24) is 0 Å². The maximum atomic E-state index is 5.72. The highest BCUT2D eigenvalue weighted by atomic mass is 16.5. The molecule has 0 saturated carbocycles. The summed E-state index contributed by atoms with van der Waals surface area (Å²) >= 11 is 0. The third-order valence-electron chi connectivity index (χ3n) is 4.92. The number of methoxy groups -OCH3 is 6. The topological polar surface area (TPSA) is 55.4 Å². The van der Waals surface area contributed by atoms with Gasteiger partial charge in [0.05, 0.1) is 42.7 Å². The van der Waals surface area contributed by atoms with Crippen molar-refractivity contribution in [2.45, 2.75) is 0 Å². The van der Waals surface area contributed by atoms with Gasteiger partial charge in [-0.3, -0.25) is 0 Å². The second kappa shape index (κ2) is 9.31. The van der Waals surface area contributed by atoms with E-state index in [1.165, 1.54) is 0 Å². The Morgan fingerprint density at radius 2 is 1.03 bits per heavy atom. The first kappa shape index (κ1) is 21.2. The summed E-state index contributed by atoms with van der Waals surface area (Å²) in [4.78, 5) is 0. The van der Waals surface area contributed by atoms with Gasteiger partial charge in [-0.05, 0) is 29.8 Å².